The molecule has 0 aliphatic rings. The van der Waals surface area contributed by atoms with Gasteiger partial charge in [-0.15, -0.1) is 0 Å². The lowest BCUT2D eigenvalue weighted by Gasteiger charge is -2.09. The average molecular weight is 381 g/mol. The van der Waals surface area contributed by atoms with E-state index in [2.05, 4.69) is 15.0 Å². The van der Waals surface area contributed by atoms with E-state index in [1.165, 1.54) is 18.3 Å². The van der Waals surface area contributed by atoms with E-state index in [1.54, 1.807) is 30.3 Å². The summed E-state index contributed by atoms with van der Waals surface area (Å²) in [7, 11) is -3.74. The van der Waals surface area contributed by atoms with Crippen molar-refractivity contribution in [2.75, 3.05) is 10.0 Å². The monoisotopic (exact) mass is 381 g/mol. The Labute approximate surface area is 158 Å². The number of amides is 1. The van der Waals surface area contributed by atoms with Gasteiger partial charge in [0.1, 0.15) is 5.82 Å². The predicted molar refractivity (Wildman–Crippen MR) is 105 cm³/mol. The summed E-state index contributed by atoms with van der Waals surface area (Å²) in [4.78, 5) is 16.2. The fourth-order valence-corrected chi connectivity index (χ4v) is 3.44. The zero-order valence-corrected chi connectivity index (χ0v) is 15.5. The largest absolute Gasteiger partial charge is 0.326 e. The number of carbonyl (C=O) groups is 1. The minimum Gasteiger partial charge on any atom is -0.326 e. The molecule has 7 heteroatoms. The summed E-state index contributed by atoms with van der Waals surface area (Å²) in [5.41, 5.74) is 2.58. The number of aryl methyl sites for hydroxylation is 1. The Morgan fingerprint density at radius 1 is 0.963 bits per heavy atom. The molecule has 0 spiro atoms. The number of nitrogens with zero attached hydrogens (tertiary/aromatic N) is 1. The highest BCUT2D eigenvalue weighted by Crippen LogP contribution is 2.17. The molecule has 0 saturated carbocycles. The second-order valence-electron chi connectivity index (χ2n) is 6.06. The van der Waals surface area contributed by atoms with Crippen molar-refractivity contribution in [3.8, 4) is 0 Å². The summed E-state index contributed by atoms with van der Waals surface area (Å²) in [6.07, 6.45) is 1.76. The molecule has 0 bridgehead atoms. The molecule has 0 aliphatic carbocycles. The first-order chi connectivity index (χ1) is 12.9. The van der Waals surface area contributed by atoms with Gasteiger partial charge in [0.2, 0.25) is 5.91 Å². The molecule has 0 atom stereocenters. The van der Waals surface area contributed by atoms with Gasteiger partial charge in [-0.05, 0) is 48.9 Å². The molecule has 6 nitrogen and oxygen atoms in total. The standard InChI is InChI=1S/C20H19N3O3S/c1-15-5-7-16(8-6-15)14-20(24)22-17-9-11-18(12-10-17)27(25,26)23-19-4-2-3-13-21-19/h2-13H,14H2,1H3,(H,21,23)(H,22,24). The van der Waals surface area contributed by atoms with Crippen molar-refractivity contribution in [2.45, 2.75) is 18.2 Å². The maximum Gasteiger partial charge on any atom is 0.263 e. The van der Waals surface area contributed by atoms with Crippen molar-refractivity contribution < 1.29 is 13.2 Å². The van der Waals surface area contributed by atoms with E-state index in [1.807, 2.05) is 31.2 Å². The Kier molecular flexibility index (Phi) is 5.52. The van der Waals surface area contributed by atoms with E-state index in [0.29, 0.717) is 5.69 Å². The van der Waals surface area contributed by atoms with Crippen LogP contribution in [0.5, 0.6) is 0 Å². The van der Waals surface area contributed by atoms with Gasteiger partial charge < -0.3 is 5.32 Å². The third-order valence-corrected chi connectivity index (χ3v) is 5.21. The van der Waals surface area contributed by atoms with Gasteiger partial charge in [0, 0.05) is 11.9 Å². The summed E-state index contributed by atoms with van der Waals surface area (Å²) in [6, 6.07) is 18.7. The topological polar surface area (TPSA) is 88.2 Å². The molecule has 0 radical (unpaired) electrons. The van der Waals surface area contributed by atoms with Gasteiger partial charge in [-0.2, -0.15) is 0 Å². The molecule has 27 heavy (non-hydrogen) atoms. The average Bonchev–Trinajstić information content (AvgIpc) is 2.64. The highest BCUT2D eigenvalue weighted by Gasteiger charge is 2.14. The molecule has 1 amide bonds. The number of carbonyl (C=O) groups excluding carboxylic acids is 1. The van der Waals surface area contributed by atoms with Crippen LogP contribution in [0.3, 0.4) is 0 Å². The van der Waals surface area contributed by atoms with Crippen LogP contribution in [0.25, 0.3) is 0 Å². The van der Waals surface area contributed by atoms with Crippen molar-refractivity contribution in [2.24, 2.45) is 0 Å². The summed E-state index contributed by atoms with van der Waals surface area (Å²) < 4.78 is 27.1. The number of anilines is 2. The number of hydrogen-bond acceptors (Lipinski definition) is 4. The van der Waals surface area contributed by atoms with Crippen LogP contribution >= 0.6 is 0 Å². The Morgan fingerprint density at radius 2 is 1.67 bits per heavy atom. The zero-order valence-electron chi connectivity index (χ0n) is 14.7. The molecule has 0 aliphatic heterocycles. The molecule has 3 aromatic rings. The van der Waals surface area contributed by atoms with E-state index in [4.69, 9.17) is 0 Å². The maximum atomic E-state index is 12.4. The molecule has 1 aromatic heterocycles. The second kappa shape index (κ2) is 8.01. The number of benzene rings is 2. The summed E-state index contributed by atoms with van der Waals surface area (Å²) in [6.45, 7) is 1.99. The molecule has 1 heterocycles. The summed E-state index contributed by atoms with van der Waals surface area (Å²) in [5.74, 6) is 0.0778. The van der Waals surface area contributed by atoms with Crippen LogP contribution in [-0.2, 0) is 21.2 Å². The van der Waals surface area contributed by atoms with Gasteiger partial charge in [-0.25, -0.2) is 13.4 Å². The van der Waals surface area contributed by atoms with Gasteiger partial charge in [0.25, 0.3) is 10.0 Å². The van der Waals surface area contributed by atoms with Crippen molar-refractivity contribution in [3.05, 3.63) is 84.1 Å². The minimum absolute atomic E-state index is 0.0877. The van der Waals surface area contributed by atoms with Crippen molar-refractivity contribution in [1.82, 2.24) is 4.98 Å². The molecule has 3 rings (SSSR count). The zero-order chi connectivity index (χ0) is 19.3. The lowest BCUT2D eigenvalue weighted by Crippen LogP contribution is -2.15. The molecule has 0 unspecified atom stereocenters. The fourth-order valence-electron chi connectivity index (χ4n) is 2.43. The highest BCUT2D eigenvalue weighted by molar-refractivity contribution is 7.92. The first kappa shape index (κ1) is 18.6. The Morgan fingerprint density at radius 3 is 2.30 bits per heavy atom. The first-order valence-electron chi connectivity index (χ1n) is 8.32. The van der Waals surface area contributed by atoms with Gasteiger partial charge in [0.15, 0.2) is 0 Å². The number of nitrogens with one attached hydrogen (secondary N) is 2. The Balaban J connectivity index is 1.64. The first-order valence-corrected chi connectivity index (χ1v) is 9.80. The number of hydrogen-bond donors (Lipinski definition) is 2. The maximum absolute atomic E-state index is 12.4. The van der Waals surface area contributed by atoms with Crippen LogP contribution in [0, 0.1) is 6.92 Å². The highest BCUT2D eigenvalue weighted by atomic mass is 32.2. The van der Waals surface area contributed by atoms with Crippen LogP contribution in [0.4, 0.5) is 11.5 Å². The molecular weight excluding hydrogens is 362 g/mol. The Bertz CT molecular complexity index is 1020. The van der Waals surface area contributed by atoms with Crippen LogP contribution < -0.4 is 10.0 Å². The quantitative estimate of drug-likeness (QED) is 0.685. The van der Waals surface area contributed by atoms with Gasteiger partial charge in [-0.1, -0.05) is 35.9 Å². The van der Waals surface area contributed by atoms with Gasteiger partial charge >= 0.3 is 0 Å². The van der Waals surface area contributed by atoms with Crippen LogP contribution in [0.1, 0.15) is 11.1 Å². The van der Waals surface area contributed by atoms with E-state index >= 15 is 0 Å². The molecule has 2 aromatic carbocycles. The Hall–Kier alpha value is -3.19. The van der Waals surface area contributed by atoms with Crippen molar-refractivity contribution in [3.63, 3.8) is 0 Å². The third-order valence-electron chi connectivity index (χ3n) is 3.84. The minimum atomic E-state index is -3.74. The van der Waals surface area contributed by atoms with Gasteiger partial charge in [0.05, 0.1) is 11.3 Å². The fraction of sp³-hybridized carbons (Fsp3) is 0.100. The normalized spacial score (nSPS) is 11.0. The lowest BCUT2D eigenvalue weighted by molar-refractivity contribution is -0.115. The molecular formula is C20H19N3O3S. The van der Waals surface area contributed by atoms with Crippen molar-refractivity contribution >= 4 is 27.4 Å². The third kappa shape index (κ3) is 5.15. The number of aromatic nitrogens is 1. The SMILES string of the molecule is Cc1ccc(CC(=O)Nc2ccc(S(=O)(=O)Nc3ccccn3)cc2)cc1. The molecule has 0 fully saturated rings. The summed E-state index contributed by atoms with van der Waals surface area (Å²) in [5, 5.41) is 2.77. The number of pyridine rings is 1. The molecule has 2 N–H and O–H groups in total. The smallest absolute Gasteiger partial charge is 0.263 e. The van der Waals surface area contributed by atoms with Crippen LogP contribution in [-0.4, -0.2) is 19.3 Å². The van der Waals surface area contributed by atoms with Crippen LogP contribution in [0.2, 0.25) is 0 Å². The van der Waals surface area contributed by atoms with E-state index in [9.17, 15) is 13.2 Å². The van der Waals surface area contributed by atoms with E-state index < -0.39 is 10.0 Å². The predicted octanol–water partition coefficient (Wildman–Crippen LogP) is 3.37. The lowest BCUT2D eigenvalue weighted by atomic mass is 10.1. The summed E-state index contributed by atoms with van der Waals surface area (Å²) >= 11 is 0. The number of sulfonamides is 1. The number of rotatable bonds is 6. The van der Waals surface area contributed by atoms with Crippen molar-refractivity contribution in [1.29, 1.82) is 0 Å². The van der Waals surface area contributed by atoms with Crippen LogP contribution in [0.15, 0.2) is 77.8 Å². The molecule has 0 saturated heterocycles. The molecule has 138 valence electrons. The second-order valence-corrected chi connectivity index (χ2v) is 7.74. The van der Waals surface area contributed by atoms with E-state index in [-0.39, 0.29) is 23.0 Å². The van der Waals surface area contributed by atoms with E-state index in [0.717, 1.165) is 11.1 Å². The van der Waals surface area contributed by atoms with Gasteiger partial charge in [-0.3, -0.25) is 9.52 Å².